The van der Waals surface area contributed by atoms with Crippen LogP contribution in [0, 0.1) is 0 Å². The van der Waals surface area contributed by atoms with Crippen LogP contribution in [0.4, 0.5) is 0 Å². The molecule has 0 spiro atoms. The molecule has 2 rings (SSSR count). The van der Waals surface area contributed by atoms with Crippen molar-refractivity contribution >= 4 is 28.6 Å². The van der Waals surface area contributed by atoms with Crippen LogP contribution in [0.3, 0.4) is 0 Å². The largest absolute Gasteiger partial charge is 0.477 e. The number of carboxylic acids is 1. The molecule has 0 radical (unpaired) electrons. The average Bonchev–Trinajstić information content (AvgIpc) is 2.52. The smallest absolute Gasteiger partial charge is 0.353 e. The fourth-order valence-corrected chi connectivity index (χ4v) is 2.62. The van der Waals surface area contributed by atoms with Gasteiger partial charge >= 0.3 is 5.97 Å². The lowest BCUT2D eigenvalue weighted by atomic mass is 10.2. The Kier molecular flexibility index (Phi) is 2.44. The summed E-state index contributed by atoms with van der Waals surface area (Å²) in [6.45, 7) is 0. The van der Waals surface area contributed by atoms with Crippen molar-refractivity contribution in [1.82, 2.24) is 4.57 Å². The van der Waals surface area contributed by atoms with Crippen molar-refractivity contribution in [3.63, 3.8) is 0 Å². The third-order valence-electron chi connectivity index (χ3n) is 2.47. The van der Waals surface area contributed by atoms with E-state index in [-0.39, 0.29) is 0 Å². The summed E-state index contributed by atoms with van der Waals surface area (Å²) in [5.74, 6) is -0.877. The maximum atomic E-state index is 11.1. The molecule has 15 heavy (non-hydrogen) atoms. The number of benzene rings is 1. The highest BCUT2D eigenvalue weighted by atomic mass is 32.2. The highest BCUT2D eigenvalue weighted by molar-refractivity contribution is 7.99. The van der Waals surface area contributed by atoms with Gasteiger partial charge in [-0.15, -0.1) is 11.8 Å². The molecule has 1 heterocycles. The molecule has 0 saturated carbocycles. The van der Waals surface area contributed by atoms with Gasteiger partial charge in [0.25, 0.3) is 0 Å². The molecule has 4 heteroatoms. The Morgan fingerprint density at radius 2 is 2.07 bits per heavy atom. The molecule has 0 bridgehead atoms. The van der Waals surface area contributed by atoms with E-state index in [2.05, 4.69) is 0 Å². The Balaban J connectivity index is 2.90. The van der Waals surface area contributed by atoms with Crippen LogP contribution in [0.5, 0.6) is 0 Å². The Bertz CT molecular complexity index is 531. The van der Waals surface area contributed by atoms with Gasteiger partial charge < -0.3 is 9.67 Å². The van der Waals surface area contributed by atoms with Crippen LogP contribution < -0.4 is 0 Å². The number of aromatic carboxylic acids is 1. The predicted octanol–water partition coefficient (Wildman–Crippen LogP) is 2.60. The van der Waals surface area contributed by atoms with Gasteiger partial charge in [-0.2, -0.15) is 0 Å². The summed E-state index contributed by atoms with van der Waals surface area (Å²) in [5, 5.41) is 10.1. The minimum Gasteiger partial charge on any atom is -0.477 e. The lowest BCUT2D eigenvalue weighted by Crippen LogP contribution is -2.05. The van der Waals surface area contributed by atoms with Gasteiger partial charge in [-0.1, -0.05) is 18.2 Å². The van der Waals surface area contributed by atoms with Gasteiger partial charge in [-0.3, -0.25) is 0 Å². The molecule has 1 N–H and O–H groups in total. The molecule has 0 saturated heterocycles. The minimum atomic E-state index is -0.877. The third-order valence-corrected chi connectivity index (χ3v) is 3.29. The molecular weight excluding hydrogens is 210 g/mol. The first kappa shape index (κ1) is 10.1. The van der Waals surface area contributed by atoms with Crippen molar-refractivity contribution in [3.8, 4) is 0 Å². The number of hydrogen-bond donors (Lipinski definition) is 1. The van der Waals surface area contributed by atoms with Crippen LogP contribution in [-0.2, 0) is 7.05 Å². The van der Waals surface area contributed by atoms with Crippen molar-refractivity contribution in [2.75, 3.05) is 6.26 Å². The normalized spacial score (nSPS) is 10.8. The molecule has 0 amide bonds. The minimum absolute atomic E-state index is 0.365. The number of nitrogens with zero attached hydrogens (tertiary/aromatic N) is 1. The van der Waals surface area contributed by atoms with Crippen molar-refractivity contribution < 1.29 is 9.90 Å². The fraction of sp³-hybridized carbons (Fsp3) is 0.182. The first-order chi connectivity index (χ1) is 7.16. The first-order valence-electron chi connectivity index (χ1n) is 4.51. The molecule has 0 aliphatic carbocycles. The van der Waals surface area contributed by atoms with Crippen molar-refractivity contribution in [2.24, 2.45) is 7.05 Å². The first-order valence-corrected chi connectivity index (χ1v) is 5.74. The van der Waals surface area contributed by atoms with Gasteiger partial charge in [0.1, 0.15) is 5.69 Å². The van der Waals surface area contributed by atoms with Crippen LogP contribution in [0.2, 0.25) is 0 Å². The summed E-state index contributed by atoms with van der Waals surface area (Å²) in [4.78, 5) is 12.0. The second-order valence-electron chi connectivity index (χ2n) is 3.26. The third kappa shape index (κ3) is 1.41. The standard InChI is InChI=1S/C11H11NO2S/c1-12-8-6-4-3-5-7(8)10(15-2)9(12)11(13)14/h3-6H,1-2H3,(H,13,14). The van der Waals surface area contributed by atoms with Gasteiger partial charge in [-0.05, 0) is 12.3 Å². The van der Waals surface area contributed by atoms with Gasteiger partial charge in [0.15, 0.2) is 0 Å². The van der Waals surface area contributed by atoms with Crippen LogP contribution in [0.1, 0.15) is 10.5 Å². The second kappa shape index (κ2) is 3.62. The maximum Gasteiger partial charge on any atom is 0.353 e. The Labute approximate surface area is 91.7 Å². The van der Waals surface area contributed by atoms with Crippen molar-refractivity contribution in [1.29, 1.82) is 0 Å². The second-order valence-corrected chi connectivity index (χ2v) is 4.08. The lowest BCUT2D eigenvalue weighted by Gasteiger charge is -1.99. The molecule has 3 nitrogen and oxygen atoms in total. The number of carboxylic acid groups (broad SMARTS) is 1. The fourth-order valence-electron chi connectivity index (χ4n) is 1.81. The zero-order valence-corrected chi connectivity index (χ0v) is 9.34. The number of fused-ring (bicyclic) bond motifs is 1. The van der Waals surface area contributed by atoms with E-state index in [4.69, 9.17) is 5.11 Å². The van der Waals surface area contributed by atoms with Gasteiger partial charge in [0, 0.05) is 22.8 Å². The molecule has 0 atom stereocenters. The molecule has 0 aliphatic rings. The topological polar surface area (TPSA) is 42.2 Å². The molecule has 0 fully saturated rings. The molecule has 1 aromatic heterocycles. The summed E-state index contributed by atoms with van der Waals surface area (Å²) in [5.41, 5.74) is 1.32. The molecule has 0 aliphatic heterocycles. The predicted molar refractivity (Wildman–Crippen MR) is 61.7 cm³/mol. The Morgan fingerprint density at radius 3 is 2.67 bits per heavy atom. The molecule has 0 unspecified atom stereocenters. The number of hydrogen-bond acceptors (Lipinski definition) is 2. The summed E-state index contributed by atoms with van der Waals surface area (Å²) in [6, 6.07) is 7.72. The van der Waals surface area contributed by atoms with Gasteiger partial charge in [0.05, 0.1) is 0 Å². The van der Waals surface area contributed by atoms with Crippen molar-refractivity contribution in [2.45, 2.75) is 4.90 Å². The zero-order valence-electron chi connectivity index (χ0n) is 8.52. The quantitative estimate of drug-likeness (QED) is 0.792. The van der Waals surface area contributed by atoms with Crippen LogP contribution in [0.25, 0.3) is 10.9 Å². The zero-order chi connectivity index (χ0) is 11.0. The van der Waals surface area contributed by atoms with Crippen LogP contribution in [-0.4, -0.2) is 21.9 Å². The summed E-state index contributed by atoms with van der Waals surface area (Å²) in [6.07, 6.45) is 1.90. The van der Waals surface area contributed by atoms with Gasteiger partial charge in [-0.25, -0.2) is 4.79 Å². The molecular formula is C11H11NO2S. The number of carbonyl (C=O) groups is 1. The van der Waals surface area contributed by atoms with E-state index in [0.717, 1.165) is 15.8 Å². The monoisotopic (exact) mass is 221 g/mol. The molecule has 78 valence electrons. The summed E-state index contributed by atoms with van der Waals surface area (Å²) < 4.78 is 1.73. The van der Waals surface area contributed by atoms with E-state index < -0.39 is 5.97 Å². The van der Waals surface area contributed by atoms with Gasteiger partial charge in [0.2, 0.25) is 0 Å². The Hall–Kier alpha value is -1.42. The highest BCUT2D eigenvalue weighted by Gasteiger charge is 2.19. The molecule has 2 aromatic rings. The number of aromatic nitrogens is 1. The van der Waals surface area contributed by atoms with E-state index in [1.165, 1.54) is 11.8 Å². The van der Waals surface area contributed by atoms with E-state index in [0.29, 0.717) is 5.69 Å². The molecule has 1 aromatic carbocycles. The number of thioether (sulfide) groups is 1. The van der Waals surface area contributed by atoms with E-state index in [1.54, 1.807) is 11.6 Å². The SMILES string of the molecule is CSc1c(C(=O)O)n(C)c2ccccc12. The van der Waals surface area contributed by atoms with E-state index in [9.17, 15) is 4.79 Å². The van der Waals surface area contributed by atoms with E-state index >= 15 is 0 Å². The summed E-state index contributed by atoms with van der Waals surface area (Å²) >= 11 is 1.47. The van der Waals surface area contributed by atoms with E-state index in [1.807, 2.05) is 30.5 Å². The average molecular weight is 221 g/mol. The highest BCUT2D eigenvalue weighted by Crippen LogP contribution is 2.32. The number of para-hydroxylation sites is 1. The number of rotatable bonds is 2. The maximum absolute atomic E-state index is 11.1. The lowest BCUT2D eigenvalue weighted by molar-refractivity contribution is 0.0683. The van der Waals surface area contributed by atoms with Crippen molar-refractivity contribution in [3.05, 3.63) is 30.0 Å². The van der Waals surface area contributed by atoms with Crippen LogP contribution in [0.15, 0.2) is 29.2 Å². The summed E-state index contributed by atoms with van der Waals surface area (Å²) in [7, 11) is 1.78. The Morgan fingerprint density at radius 1 is 1.40 bits per heavy atom. The number of aryl methyl sites for hydroxylation is 1. The van der Waals surface area contributed by atoms with Crippen LogP contribution >= 0.6 is 11.8 Å².